The van der Waals surface area contributed by atoms with Gasteiger partial charge in [0.15, 0.2) is 12.1 Å². The number of fused-ring (bicyclic) bond motifs is 1. The number of benzene rings is 1. The highest BCUT2D eigenvalue weighted by molar-refractivity contribution is 6.31. The Hall–Kier alpha value is -2.34. The first kappa shape index (κ1) is 27.7. The Kier molecular flexibility index (Phi) is 10.9. The summed E-state index contributed by atoms with van der Waals surface area (Å²) in [6.45, 7) is 17.4. The van der Waals surface area contributed by atoms with E-state index in [0.717, 1.165) is 6.29 Å². The third-order valence-corrected chi connectivity index (χ3v) is 4.59. The fourth-order valence-electron chi connectivity index (χ4n) is 3.02. The molecular formula is C25H39ClN4O2. The number of amides is 1. The second kappa shape index (κ2) is 12.6. The van der Waals surface area contributed by atoms with E-state index in [2.05, 4.69) is 46.5 Å². The average Bonchev–Trinajstić information content (AvgIpc) is 2.72. The van der Waals surface area contributed by atoms with Crippen LogP contribution in [0.2, 0.25) is 5.02 Å². The Labute approximate surface area is 198 Å². The molecule has 0 bridgehead atoms. The normalized spacial score (nSPS) is 13.6. The maximum absolute atomic E-state index is 11.8. The van der Waals surface area contributed by atoms with Gasteiger partial charge in [-0.25, -0.2) is 4.98 Å². The summed E-state index contributed by atoms with van der Waals surface area (Å²) in [5.74, 6) is 0.743. The number of pyridine rings is 1. The van der Waals surface area contributed by atoms with Crippen LogP contribution in [0.25, 0.3) is 10.9 Å². The van der Waals surface area contributed by atoms with Crippen molar-refractivity contribution in [2.75, 3.05) is 36.8 Å². The van der Waals surface area contributed by atoms with Gasteiger partial charge in [-0.2, -0.15) is 0 Å². The number of piperazine rings is 1. The first-order chi connectivity index (χ1) is 15.0. The molecule has 1 aliphatic heterocycles. The van der Waals surface area contributed by atoms with Gasteiger partial charge in [0, 0.05) is 43.0 Å². The summed E-state index contributed by atoms with van der Waals surface area (Å²) in [6.07, 6.45) is 2.50. The van der Waals surface area contributed by atoms with Crippen molar-refractivity contribution >= 4 is 46.2 Å². The molecule has 0 aliphatic carbocycles. The highest BCUT2D eigenvalue weighted by Gasteiger charge is 2.24. The zero-order valence-electron chi connectivity index (χ0n) is 20.7. The van der Waals surface area contributed by atoms with Crippen molar-refractivity contribution in [3.8, 4) is 0 Å². The zero-order valence-corrected chi connectivity index (χ0v) is 21.4. The number of aldehydes is 1. The molecule has 0 atom stereocenters. The van der Waals surface area contributed by atoms with Crippen LogP contribution < -0.4 is 10.6 Å². The van der Waals surface area contributed by atoms with Gasteiger partial charge in [0.2, 0.25) is 5.91 Å². The molecule has 32 heavy (non-hydrogen) atoms. The molecule has 0 radical (unpaired) electrons. The molecule has 2 aromatic rings. The SMILES string of the molecule is CC(C)(C)C.CCC.CCC(=O)N1CCN(c2nc3ccc(Cl)cc3c(C=O)c2N)CC1. The fraction of sp³-hybridized carbons (Fsp3) is 0.560. The number of hydrogen-bond donors (Lipinski definition) is 1. The van der Waals surface area contributed by atoms with Gasteiger partial charge in [-0.05, 0) is 23.6 Å². The maximum atomic E-state index is 11.8. The smallest absolute Gasteiger partial charge is 0.222 e. The van der Waals surface area contributed by atoms with E-state index in [0.29, 0.717) is 71.0 Å². The van der Waals surface area contributed by atoms with E-state index in [4.69, 9.17) is 17.3 Å². The van der Waals surface area contributed by atoms with Crippen LogP contribution in [0, 0.1) is 5.41 Å². The van der Waals surface area contributed by atoms with Crippen molar-refractivity contribution in [3.05, 3.63) is 28.8 Å². The molecule has 7 heteroatoms. The number of nitrogens with zero attached hydrogens (tertiary/aromatic N) is 3. The van der Waals surface area contributed by atoms with Crippen LogP contribution in [0.4, 0.5) is 11.5 Å². The van der Waals surface area contributed by atoms with Gasteiger partial charge in [0.05, 0.1) is 16.8 Å². The molecule has 1 aromatic heterocycles. The van der Waals surface area contributed by atoms with Crippen LogP contribution in [-0.4, -0.2) is 48.3 Å². The van der Waals surface area contributed by atoms with Crippen LogP contribution in [0.1, 0.15) is 71.7 Å². The maximum Gasteiger partial charge on any atom is 0.222 e. The van der Waals surface area contributed by atoms with Gasteiger partial charge < -0.3 is 15.5 Å². The first-order valence-corrected chi connectivity index (χ1v) is 11.7. The Morgan fingerprint density at radius 3 is 2.12 bits per heavy atom. The van der Waals surface area contributed by atoms with Crippen LogP contribution in [0.3, 0.4) is 0 Å². The predicted octanol–water partition coefficient (Wildman–Crippen LogP) is 5.81. The summed E-state index contributed by atoms with van der Waals surface area (Å²) in [7, 11) is 0. The van der Waals surface area contributed by atoms with E-state index < -0.39 is 0 Å². The summed E-state index contributed by atoms with van der Waals surface area (Å²) in [4.78, 5) is 31.8. The second-order valence-corrected chi connectivity index (χ2v) is 9.91. The topological polar surface area (TPSA) is 79.5 Å². The van der Waals surface area contributed by atoms with E-state index in [9.17, 15) is 9.59 Å². The minimum atomic E-state index is 0.150. The lowest BCUT2D eigenvalue weighted by atomic mass is 10.0. The molecule has 0 saturated carbocycles. The van der Waals surface area contributed by atoms with Gasteiger partial charge in [-0.15, -0.1) is 0 Å². The molecule has 2 N–H and O–H groups in total. The molecule has 1 fully saturated rings. The summed E-state index contributed by atoms with van der Waals surface area (Å²) >= 11 is 6.02. The number of aromatic nitrogens is 1. The predicted molar refractivity (Wildman–Crippen MR) is 137 cm³/mol. The van der Waals surface area contributed by atoms with Crippen molar-refractivity contribution in [3.63, 3.8) is 0 Å². The first-order valence-electron chi connectivity index (χ1n) is 11.3. The minimum Gasteiger partial charge on any atom is -0.395 e. The summed E-state index contributed by atoms with van der Waals surface area (Å²) in [5.41, 5.74) is 8.14. The summed E-state index contributed by atoms with van der Waals surface area (Å²) in [5, 5.41) is 1.18. The van der Waals surface area contributed by atoms with E-state index in [1.165, 1.54) is 6.42 Å². The number of nitrogen functional groups attached to an aromatic ring is 1. The van der Waals surface area contributed by atoms with Crippen molar-refractivity contribution in [1.29, 1.82) is 0 Å². The average molecular weight is 463 g/mol. The van der Waals surface area contributed by atoms with Gasteiger partial charge in [-0.3, -0.25) is 9.59 Å². The lowest BCUT2D eigenvalue weighted by molar-refractivity contribution is -0.131. The van der Waals surface area contributed by atoms with Crippen molar-refractivity contribution in [2.45, 2.75) is 61.3 Å². The molecular weight excluding hydrogens is 424 g/mol. The molecule has 2 heterocycles. The van der Waals surface area contributed by atoms with Crippen molar-refractivity contribution in [2.24, 2.45) is 5.41 Å². The van der Waals surface area contributed by atoms with Gasteiger partial charge in [0.25, 0.3) is 0 Å². The Morgan fingerprint density at radius 2 is 1.66 bits per heavy atom. The quantitative estimate of drug-likeness (QED) is 0.582. The van der Waals surface area contributed by atoms with E-state index in [-0.39, 0.29) is 5.91 Å². The van der Waals surface area contributed by atoms with Crippen LogP contribution in [0.5, 0.6) is 0 Å². The zero-order chi connectivity index (χ0) is 24.5. The molecule has 1 aliphatic rings. The lowest BCUT2D eigenvalue weighted by Gasteiger charge is -2.36. The van der Waals surface area contributed by atoms with Crippen LogP contribution in [-0.2, 0) is 4.79 Å². The number of anilines is 2. The molecule has 0 spiro atoms. The summed E-state index contributed by atoms with van der Waals surface area (Å²) in [6, 6.07) is 5.22. The largest absolute Gasteiger partial charge is 0.395 e. The molecule has 178 valence electrons. The molecule has 0 unspecified atom stereocenters. The summed E-state index contributed by atoms with van der Waals surface area (Å²) < 4.78 is 0. The van der Waals surface area contributed by atoms with Crippen LogP contribution in [0.15, 0.2) is 18.2 Å². The number of nitrogens with two attached hydrogens (primary N) is 1. The third-order valence-electron chi connectivity index (χ3n) is 4.36. The van der Waals surface area contributed by atoms with E-state index in [1.807, 2.05) is 16.7 Å². The highest BCUT2D eigenvalue weighted by Crippen LogP contribution is 2.32. The Bertz CT molecular complexity index is 895. The number of carbonyl (C=O) groups excluding carboxylic acids is 2. The van der Waals surface area contributed by atoms with Gasteiger partial charge in [0.1, 0.15) is 0 Å². The molecule has 1 saturated heterocycles. The monoisotopic (exact) mass is 462 g/mol. The van der Waals surface area contributed by atoms with Crippen molar-refractivity contribution < 1.29 is 9.59 Å². The van der Waals surface area contributed by atoms with Crippen LogP contribution >= 0.6 is 11.6 Å². The fourth-order valence-corrected chi connectivity index (χ4v) is 3.19. The third kappa shape index (κ3) is 8.30. The number of halogens is 1. The van der Waals surface area contributed by atoms with Crippen molar-refractivity contribution in [1.82, 2.24) is 9.88 Å². The number of rotatable bonds is 3. The van der Waals surface area contributed by atoms with Gasteiger partial charge in [-0.1, -0.05) is 66.5 Å². The highest BCUT2D eigenvalue weighted by atomic mass is 35.5. The molecule has 1 amide bonds. The Balaban J connectivity index is 0.000000555. The second-order valence-electron chi connectivity index (χ2n) is 9.47. The standard InChI is InChI=1S/C17H19ClN4O2.C5H12.C3H8/c1-2-15(24)21-5-7-22(8-6-21)17-16(19)13(10-23)12-9-11(18)3-4-14(12)20-17;1-5(2,3)4;1-3-2/h3-4,9-10H,2,5-8,19H2,1H3;1-4H3;3H2,1-2H3. The molecule has 1 aromatic carbocycles. The lowest BCUT2D eigenvalue weighted by Crippen LogP contribution is -2.49. The number of hydrogen-bond acceptors (Lipinski definition) is 5. The van der Waals surface area contributed by atoms with Gasteiger partial charge >= 0.3 is 0 Å². The van der Waals surface area contributed by atoms with E-state index >= 15 is 0 Å². The minimum absolute atomic E-state index is 0.150. The van der Waals surface area contributed by atoms with E-state index in [1.54, 1.807) is 18.2 Å². The molecule has 6 nitrogen and oxygen atoms in total. The molecule has 3 rings (SSSR count). The number of carbonyl (C=O) groups is 2. The Morgan fingerprint density at radius 1 is 1.12 bits per heavy atom.